The van der Waals surface area contributed by atoms with E-state index in [1.54, 1.807) is 26.0 Å². The average molecular weight is 606 g/mol. The highest BCUT2D eigenvalue weighted by Crippen LogP contribution is 2.43. The molecule has 0 N–H and O–H groups in total. The van der Waals surface area contributed by atoms with E-state index in [-0.39, 0.29) is 22.7 Å². The van der Waals surface area contributed by atoms with Gasteiger partial charge in [0.25, 0.3) is 5.69 Å². The lowest BCUT2D eigenvalue weighted by Gasteiger charge is -2.43. The molecule has 0 bridgehead atoms. The van der Waals surface area contributed by atoms with Crippen LogP contribution in [0.25, 0.3) is 0 Å². The van der Waals surface area contributed by atoms with Crippen LogP contribution < -0.4 is 0 Å². The van der Waals surface area contributed by atoms with Crippen LogP contribution in [-0.4, -0.2) is 46.7 Å². The average Bonchev–Trinajstić information content (AvgIpc) is 3.05. The predicted octanol–water partition coefficient (Wildman–Crippen LogP) is 7.84. The zero-order valence-corrected chi connectivity index (χ0v) is 26.6. The minimum Gasteiger partial charge on any atom is -0.303 e. The first-order chi connectivity index (χ1) is 21.7. The lowest BCUT2D eigenvalue weighted by atomic mass is 9.68. The molecule has 0 amide bonds. The zero-order chi connectivity index (χ0) is 32.0. The summed E-state index contributed by atoms with van der Waals surface area (Å²) in [6, 6.07) is 28.1. The number of nitrogens with zero attached hydrogens (tertiary/aromatic N) is 3. The van der Waals surface area contributed by atoms with Gasteiger partial charge < -0.3 is 4.90 Å². The van der Waals surface area contributed by atoms with Gasteiger partial charge in [0.05, 0.1) is 10.8 Å². The molecule has 5 rings (SSSR count). The number of rotatable bonds is 12. The van der Waals surface area contributed by atoms with Gasteiger partial charge in [0.2, 0.25) is 0 Å². The van der Waals surface area contributed by atoms with Crippen molar-refractivity contribution in [1.29, 1.82) is 0 Å². The molecule has 2 aliphatic rings. The highest BCUT2D eigenvalue weighted by molar-refractivity contribution is 6.09. The third-order valence-corrected chi connectivity index (χ3v) is 9.75. The molecular weight excluding hydrogens is 562 g/mol. The van der Waals surface area contributed by atoms with E-state index in [2.05, 4.69) is 70.6 Å². The largest absolute Gasteiger partial charge is 0.303 e. The molecule has 0 spiro atoms. The number of Topliss-reactive ketones (excluding diaryl/α,β-unsaturated/α-hetero) is 2. The quantitative estimate of drug-likeness (QED) is 0.119. The zero-order valence-electron chi connectivity index (χ0n) is 26.6. The van der Waals surface area contributed by atoms with Crippen molar-refractivity contribution < 1.29 is 14.5 Å². The molecular formula is C38H43N3O4. The second-order valence-electron chi connectivity index (χ2n) is 12.6. The van der Waals surface area contributed by atoms with E-state index < -0.39 is 16.8 Å². The second kappa shape index (κ2) is 14.2. The second-order valence-corrected chi connectivity index (χ2v) is 12.6. The van der Waals surface area contributed by atoms with Gasteiger partial charge in [-0.1, -0.05) is 79.2 Å². The Hall–Kier alpha value is -4.23. The number of piperidine rings is 1. The summed E-state index contributed by atoms with van der Waals surface area (Å²) in [4.78, 5) is 44.7. The van der Waals surface area contributed by atoms with Crippen molar-refractivity contribution >= 4 is 23.0 Å². The number of hydrogen-bond acceptors (Lipinski definition) is 6. The van der Waals surface area contributed by atoms with Gasteiger partial charge in [0.15, 0.2) is 5.78 Å². The lowest BCUT2D eigenvalue weighted by molar-refractivity contribution is -0.384. The number of nitro benzene ring substituents is 1. The minimum absolute atomic E-state index is 0.0278. The summed E-state index contributed by atoms with van der Waals surface area (Å²) in [5.74, 6) is -1.32. The van der Waals surface area contributed by atoms with Gasteiger partial charge in [-0.3, -0.25) is 24.7 Å². The van der Waals surface area contributed by atoms with Gasteiger partial charge in [-0.25, -0.2) is 0 Å². The van der Waals surface area contributed by atoms with E-state index >= 15 is 0 Å². The van der Waals surface area contributed by atoms with Crippen LogP contribution in [0.2, 0.25) is 0 Å². The van der Waals surface area contributed by atoms with Crippen molar-refractivity contribution in [3.05, 3.63) is 123 Å². The predicted molar refractivity (Wildman–Crippen MR) is 179 cm³/mol. The smallest absolute Gasteiger partial charge is 0.269 e. The summed E-state index contributed by atoms with van der Waals surface area (Å²) in [6.45, 7) is 8.17. The Balaban J connectivity index is 1.19. The fraction of sp³-hybridized carbons (Fsp3) is 0.395. The molecule has 0 aromatic heterocycles. The van der Waals surface area contributed by atoms with E-state index in [4.69, 9.17) is 0 Å². The first kappa shape index (κ1) is 32.2. The van der Waals surface area contributed by atoms with Crippen molar-refractivity contribution in [2.45, 2.75) is 70.6 Å². The van der Waals surface area contributed by atoms with Crippen LogP contribution in [0.1, 0.15) is 81.9 Å². The van der Waals surface area contributed by atoms with Crippen molar-refractivity contribution in [2.24, 2.45) is 10.9 Å². The molecule has 0 radical (unpaired) electrons. The van der Waals surface area contributed by atoms with E-state index in [1.165, 1.54) is 30.2 Å². The summed E-state index contributed by atoms with van der Waals surface area (Å²) in [7, 11) is 0. The Morgan fingerprint density at radius 2 is 1.51 bits per heavy atom. The fourth-order valence-electron chi connectivity index (χ4n) is 7.47. The summed E-state index contributed by atoms with van der Waals surface area (Å²) in [6.07, 6.45) is 5.19. The third kappa shape index (κ3) is 7.04. The van der Waals surface area contributed by atoms with Gasteiger partial charge in [0, 0.05) is 46.9 Å². The molecule has 2 unspecified atom stereocenters. The van der Waals surface area contributed by atoms with Crippen molar-refractivity contribution in [3.63, 3.8) is 0 Å². The van der Waals surface area contributed by atoms with E-state index in [1.807, 2.05) is 0 Å². The first-order valence-electron chi connectivity index (χ1n) is 16.1. The number of allylic oxidation sites excluding steroid dienone is 2. The molecule has 0 saturated carbocycles. The molecule has 7 nitrogen and oxygen atoms in total. The van der Waals surface area contributed by atoms with Crippen LogP contribution in [0, 0.1) is 16.0 Å². The molecule has 2 aliphatic heterocycles. The summed E-state index contributed by atoms with van der Waals surface area (Å²) < 4.78 is 0. The molecule has 0 aliphatic carbocycles. The number of non-ortho nitro benzene ring substituents is 1. The summed E-state index contributed by atoms with van der Waals surface area (Å²) >= 11 is 0. The maximum absolute atomic E-state index is 13.7. The molecule has 234 valence electrons. The SMILES string of the molecule is CC(=O)C1C(C)=NC(C)=C(C(=O)CCCCCN2CCC(c3ccccc3)(c3ccccc3)CC2)C1c1cccc([N+](=O)[O-])c1. The Morgan fingerprint density at radius 3 is 2.09 bits per heavy atom. The summed E-state index contributed by atoms with van der Waals surface area (Å²) in [5, 5.41) is 11.5. The number of unbranched alkanes of at least 4 members (excludes halogenated alkanes) is 2. The first-order valence-corrected chi connectivity index (χ1v) is 16.1. The highest BCUT2D eigenvalue weighted by Gasteiger charge is 2.40. The van der Waals surface area contributed by atoms with E-state index in [9.17, 15) is 19.7 Å². The van der Waals surface area contributed by atoms with Crippen LogP contribution in [0.3, 0.4) is 0 Å². The number of ketones is 2. The van der Waals surface area contributed by atoms with Gasteiger partial charge in [-0.2, -0.15) is 0 Å². The molecule has 45 heavy (non-hydrogen) atoms. The lowest BCUT2D eigenvalue weighted by Crippen LogP contribution is -2.43. The number of nitro groups is 1. The highest BCUT2D eigenvalue weighted by atomic mass is 16.6. The summed E-state index contributed by atoms with van der Waals surface area (Å²) in [5.41, 5.74) is 5.10. The molecule has 1 fully saturated rings. The fourth-order valence-corrected chi connectivity index (χ4v) is 7.47. The maximum atomic E-state index is 13.7. The Bertz CT molecular complexity index is 1550. The van der Waals surface area contributed by atoms with Crippen LogP contribution in [0.5, 0.6) is 0 Å². The molecule has 3 aromatic carbocycles. The Morgan fingerprint density at radius 1 is 0.889 bits per heavy atom. The number of likely N-dealkylation sites (tertiary alicyclic amines) is 1. The topological polar surface area (TPSA) is 92.9 Å². The molecule has 1 saturated heterocycles. The van der Waals surface area contributed by atoms with Gasteiger partial charge in [-0.05, 0) is 82.8 Å². The Labute approximate surface area is 266 Å². The number of benzene rings is 3. The third-order valence-electron chi connectivity index (χ3n) is 9.75. The Kier molecular flexibility index (Phi) is 10.2. The van der Waals surface area contributed by atoms with Gasteiger partial charge in [0.1, 0.15) is 5.78 Å². The van der Waals surface area contributed by atoms with Crippen LogP contribution in [0.15, 0.2) is 101 Å². The van der Waals surface area contributed by atoms with E-state index in [0.717, 1.165) is 51.7 Å². The van der Waals surface area contributed by atoms with Crippen molar-refractivity contribution in [2.75, 3.05) is 19.6 Å². The maximum Gasteiger partial charge on any atom is 0.269 e. The number of carbonyl (C=O) groups excluding carboxylic acids is 2. The molecule has 2 heterocycles. The van der Waals surface area contributed by atoms with Crippen LogP contribution in [-0.2, 0) is 15.0 Å². The standard InChI is InChI=1S/C38H43N3O4/c1-27-35(29(3)42)37(30-14-13-19-33(26-30)41(44)45)36(28(2)39-27)34(43)20-11-6-12-23-40-24-21-38(22-25-40,31-15-7-4-8-16-31)32-17-9-5-10-18-32/h4-5,7-10,13-19,26,35,37H,6,11-12,20-25H2,1-3H3. The normalized spacial score (nSPS) is 20.0. The van der Waals surface area contributed by atoms with Crippen LogP contribution >= 0.6 is 0 Å². The monoisotopic (exact) mass is 605 g/mol. The van der Waals surface area contributed by atoms with Gasteiger partial charge in [-0.15, -0.1) is 0 Å². The molecule has 7 heteroatoms. The minimum atomic E-state index is -0.618. The molecule has 3 aromatic rings. The molecule has 2 atom stereocenters. The van der Waals surface area contributed by atoms with Crippen molar-refractivity contribution in [3.8, 4) is 0 Å². The number of carbonyl (C=O) groups is 2. The van der Waals surface area contributed by atoms with Crippen molar-refractivity contribution in [1.82, 2.24) is 4.90 Å². The van der Waals surface area contributed by atoms with Gasteiger partial charge >= 0.3 is 0 Å². The van der Waals surface area contributed by atoms with Crippen LogP contribution in [0.4, 0.5) is 5.69 Å². The number of hydrogen-bond donors (Lipinski definition) is 0. The number of aliphatic imine (C=N–C) groups is 1. The van der Waals surface area contributed by atoms with E-state index in [0.29, 0.717) is 29.0 Å².